The lowest BCUT2D eigenvalue weighted by molar-refractivity contribution is 0.456. The van der Waals surface area contributed by atoms with Crippen molar-refractivity contribution in [1.82, 2.24) is 9.13 Å². The van der Waals surface area contributed by atoms with Crippen LogP contribution in [0, 0.1) is 0 Å². The summed E-state index contributed by atoms with van der Waals surface area (Å²) in [5.41, 5.74) is 2.29. The summed E-state index contributed by atoms with van der Waals surface area (Å²) in [5, 5.41) is 0. The molecule has 1 fully saturated rings. The summed E-state index contributed by atoms with van der Waals surface area (Å²) in [7, 11) is 3.53. The van der Waals surface area contributed by atoms with Crippen molar-refractivity contribution in [2.24, 2.45) is 19.1 Å². The molecule has 1 aromatic heterocycles. The summed E-state index contributed by atoms with van der Waals surface area (Å²) in [6.07, 6.45) is 5.60. The van der Waals surface area contributed by atoms with Gasteiger partial charge >= 0.3 is 5.69 Å². The third kappa shape index (κ3) is 1.67. The molecule has 0 amide bonds. The number of aliphatic imine (C=N–C) groups is 1. The van der Waals surface area contributed by atoms with Gasteiger partial charge in [0.05, 0.1) is 16.6 Å². The van der Waals surface area contributed by atoms with Crippen LogP contribution >= 0.6 is 0 Å². The van der Waals surface area contributed by atoms with E-state index in [1.54, 1.807) is 29.3 Å². The predicted octanol–water partition coefficient (Wildman–Crippen LogP) is 1.98. The van der Waals surface area contributed by atoms with Crippen LogP contribution < -0.4 is 5.69 Å². The molecule has 1 saturated carbocycles. The Bertz CT molecular complexity index is 772. The smallest absolute Gasteiger partial charge is 0.295 e. The fourth-order valence-corrected chi connectivity index (χ4v) is 3.31. The van der Waals surface area contributed by atoms with Gasteiger partial charge in [0.1, 0.15) is 0 Å². The highest BCUT2D eigenvalue weighted by Crippen LogP contribution is 2.42. The quantitative estimate of drug-likeness (QED) is 0.619. The molecule has 1 heterocycles. The Balaban J connectivity index is 2.25. The Hall–Kier alpha value is -2.13. The number of hydrogen-bond donors (Lipinski definition) is 0. The van der Waals surface area contributed by atoms with Gasteiger partial charge in [-0.25, -0.2) is 9.59 Å². The maximum atomic E-state index is 12.0. The number of benzene rings is 1. The molecule has 0 saturated heterocycles. The molecule has 0 unspecified atom stereocenters. The molecule has 1 aliphatic carbocycles. The number of nitrogens with zero attached hydrogens (tertiary/aromatic N) is 3. The lowest BCUT2D eigenvalue weighted by atomic mass is 9.88. The van der Waals surface area contributed by atoms with Gasteiger partial charge in [-0.2, -0.15) is 4.99 Å². The summed E-state index contributed by atoms with van der Waals surface area (Å²) >= 11 is 0. The van der Waals surface area contributed by atoms with Crippen LogP contribution in [0.3, 0.4) is 0 Å². The number of hydrogen-bond acceptors (Lipinski definition) is 3. The van der Waals surface area contributed by atoms with Crippen molar-refractivity contribution in [2.45, 2.75) is 31.2 Å². The third-order valence-corrected chi connectivity index (χ3v) is 4.50. The van der Waals surface area contributed by atoms with Crippen LogP contribution in [0.2, 0.25) is 0 Å². The van der Waals surface area contributed by atoms with Crippen LogP contribution in [-0.4, -0.2) is 15.2 Å². The minimum atomic E-state index is -0.443. The van der Waals surface area contributed by atoms with Gasteiger partial charge in [-0.1, -0.05) is 18.9 Å². The van der Waals surface area contributed by atoms with Crippen LogP contribution in [0.1, 0.15) is 31.2 Å². The molecule has 0 atom stereocenters. The Morgan fingerprint density at radius 2 is 1.80 bits per heavy atom. The van der Waals surface area contributed by atoms with Crippen LogP contribution in [0.4, 0.5) is 0 Å². The molecular formula is C15H17N3O2. The average molecular weight is 271 g/mol. The molecule has 20 heavy (non-hydrogen) atoms. The number of aryl methyl sites for hydroxylation is 2. The maximum Gasteiger partial charge on any atom is 0.328 e. The van der Waals surface area contributed by atoms with Crippen LogP contribution in [0.25, 0.3) is 11.0 Å². The van der Waals surface area contributed by atoms with E-state index in [1.165, 1.54) is 0 Å². The van der Waals surface area contributed by atoms with Gasteiger partial charge in [0.15, 0.2) is 0 Å². The molecule has 2 aromatic rings. The Morgan fingerprint density at radius 1 is 1.15 bits per heavy atom. The molecule has 0 aliphatic heterocycles. The van der Waals surface area contributed by atoms with Crippen LogP contribution in [0.15, 0.2) is 28.0 Å². The summed E-state index contributed by atoms with van der Waals surface area (Å²) in [6, 6.07) is 5.91. The highest BCUT2D eigenvalue weighted by Gasteiger charge is 2.36. The maximum absolute atomic E-state index is 12.0. The van der Waals surface area contributed by atoms with E-state index in [9.17, 15) is 9.59 Å². The van der Waals surface area contributed by atoms with E-state index in [4.69, 9.17) is 0 Å². The molecule has 104 valence electrons. The zero-order valence-corrected chi connectivity index (χ0v) is 11.7. The van der Waals surface area contributed by atoms with Crippen LogP contribution in [0.5, 0.6) is 0 Å². The molecule has 3 rings (SSSR count). The van der Waals surface area contributed by atoms with Gasteiger partial charge in [0.25, 0.3) is 0 Å². The lowest BCUT2D eigenvalue weighted by Gasteiger charge is -2.22. The van der Waals surface area contributed by atoms with Crippen molar-refractivity contribution in [2.75, 3.05) is 0 Å². The van der Waals surface area contributed by atoms with Crippen molar-refractivity contribution in [3.8, 4) is 0 Å². The van der Waals surface area contributed by atoms with E-state index < -0.39 is 5.54 Å². The Labute approximate surface area is 116 Å². The van der Waals surface area contributed by atoms with Gasteiger partial charge in [-0.3, -0.25) is 9.13 Å². The fourth-order valence-electron chi connectivity index (χ4n) is 3.31. The first-order valence-corrected chi connectivity index (χ1v) is 6.84. The second-order valence-electron chi connectivity index (χ2n) is 5.55. The second kappa shape index (κ2) is 4.46. The summed E-state index contributed by atoms with van der Waals surface area (Å²) in [4.78, 5) is 26.8. The largest absolute Gasteiger partial charge is 0.328 e. The number of carbonyl (C=O) groups excluding carboxylic acids is 1. The predicted molar refractivity (Wildman–Crippen MR) is 76.4 cm³/mol. The Morgan fingerprint density at radius 3 is 2.45 bits per heavy atom. The number of imidazole rings is 1. The Kier molecular flexibility index (Phi) is 2.87. The fraction of sp³-hybridized carbons (Fsp3) is 0.467. The summed E-state index contributed by atoms with van der Waals surface area (Å²) in [5.74, 6) is 0. The van der Waals surface area contributed by atoms with Gasteiger partial charge in [0.2, 0.25) is 6.08 Å². The van der Waals surface area contributed by atoms with Crippen molar-refractivity contribution < 1.29 is 4.79 Å². The number of aromatic nitrogens is 2. The third-order valence-electron chi connectivity index (χ3n) is 4.50. The molecule has 1 aliphatic rings. The molecule has 0 N–H and O–H groups in total. The van der Waals surface area contributed by atoms with E-state index in [-0.39, 0.29) is 5.69 Å². The van der Waals surface area contributed by atoms with E-state index in [1.807, 2.05) is 18.2 Å². The van der Waals surface area contributed by atoms with Gasteiger partial charge in [-0.15, -0.1) is 0 Å². The average Bonchev–Trinajstić information content (AvgIpc) is 3.01. The number of fused-ring (bicyclic) bond motifs is 1. The molecule has 1 aromatic carbocycles. The molecule has 0 spiro atoms. The zero-order chi connectivity index (χ0) is 14.3. The van der Waals surface area contributed by atoms with Gasteiger partial charge in [-0.05, 0) is 30.5 Å². The van der Waals surface area contributed by atoms with Gasteiger partial charge < -0.3 is 0 Å². The first-order valence-electron chi connectivity index (χ1n) is 6.84. The molecule has 5 heteroatoms. The highest BCUT2D eigenvalue weighted by molar-refractivity contribution is 5.77. The lowest BCUT2D eigenvalue weighted by Crippen LogP contribution is -2.19. The normalized spacial score (nSPS) is 17.3. The van der Waals surface area contributed by atoms with Crippen molar-refractivity contribution in [3.05, 3.63) is 34.2 Å². The number of rotatable bonds is 2. The topological polar surface area (TPSA) is 56.4 Å². The monoisotopic (exact) mass is 271 g/mol. The van der Waals surface area contributed by atoms with E-state index in [0.717, 1.165) is 42.3 Å². The first kappa shape index (κ1) is 12.9. The highest BCUT2D eigenvalue weighted by atomic mass is 16.1. The van der Waals surface area contributed by atoms with E-state index in [2.05, 4.69) is 4.99 Å². The van der Waals surface area contributed by atoms with Crippen LogP contribution in [-0.2, 0) is 24.4 Å². The van der Waals surface area contributed by atoms with Gasteiger partial charge in [0, 0.05) is 14.1 Å². The van der Waals surface area contributed by atoms with Crippen molar-refractivity contribution in [3.63, 3.8) is 0 Å². The standard InChI is InChI=1S/C15H17N3O2/c1-17-12-6-5-11(9-13(12)18(2)14(17)20)15(16-10-19)7-3-4-8-15/h5-6,9H,3-4,7-8H2,1-2H3. The molecular weight excluding hydrogens is 254 g/mol. The number of isocyanates is 1. The summed E-state index contributed by atoms with van der Waals surface area (Å²) < 4.78 is 3.26. The van der Waals surface area contributed by atoms with E-state index in [0.29, 0.717) is 0 Å². The molecule has 0 radical (unpaired) electrons. The summed E-state index contributed by atoms with van der Waals surface area (Å²) in [6.45, 7) is 0. The van der Waals surface area contributed by atoms with Crippen molar-refractivity contribution in [1.29, 1.82) is 0 Å². The SMILES string of the molecule is Cn1c(=O)n(C)c2cc(C3(N=C=O)CCCC3)ccc21. The minimum absolute atomic E-state index is 0.0449. The molecule has 5 nitrogen and oxygen atoms in total. The van der Waals surface area contributed by atoms with Crippen molar-refractivity contribution >= 4 is 17.1 Å². The zero-order valence-electron chi connectivity index (χ0n) is 11.7. The first-order chi connectivity index (χ1) is 9.59. The molecule has 0 bridgehead atoms. The van der Waals surface area contributed by atoms with E-state index >= 15 is 0 Å². The second-order valence-corrected chi connectivity index (χ2v) is 5.55. The minimum Gasteiger partial charge on any atom is -0.295 e.